The molecule has 0 bridgehead atoms. The predicted octanol–water partition coefficient (Wildman–Crippen LogP) is 3.70. The van der Waals surface area contributed by atoms with Gasteiger partial charge in [-0.05, 0) is 17.2 Å². The van der Waals surface area contributed by atoms with Crippen LogP contribution in [0.3, 0.4) is 0 Å². The minimum atomic E-state index is -0.325. The third-order valence-corrected chi connectivity index (χ3v) is 2.56. The predicted molar refractivity (Wildman–Crippen MR) is 72.4 cm³/mol. The molecule has 0 amide bonds. The average molecular weight is 238 g/mol. The first-order chi connectivity index (χ1) is 8.83. The molecule has 0 aliphatic rings. The zero-order valence-corrected chi connectivity index (χ0v) is 10.0. The van der Waals surface area contributed by atoms with Crippen LogP contribution in [0.15, 0.2) is 67.3 Å². The van der Waals surface area contributed by atoms with Gasteiger partial charge in [0.2, 0.25) is 0 Å². The highest BCUT2D eigenvalue weighted by Gasteiger charge is 2.12. The molecule has 18 heavy (non-hydrogen) atoms. The first-order valence-corrected chi connectivity index (χ1v) is 5.75. The van der Waals surface area contributed by atoms with Gasteiger partial charge in [-0.3, -0.25) is 0 Å². The molecule has 90 valence electrons. The summed E-state index contributed by atoms with van der Waals surface area (Å²) < 4.78 is 5.08. The van der Waals surface area contributed by atoms with Gasteiger partial charge in [0, 0.05) is 0 Å². The Morgan fingerprint density at radius 2 is 1.72 bits per heavy atom. The largest absolute Gasteiger partial charge is 0.458 e. The van der Waals surface area contributed by atoms with Crippen molar-refractivity contribution in [3.05, 3.63) is 72.8 Å². The third-order valence-electron chi connectivity index (χ3n) is 2.56. The van der Waals surface area contributed by atoms with Crippen molar-refractivity contribution in [2.24, 2.45) is 0 Å². The molecular formula is C16H14O2. The van der Waals surface area contributed by atoms with Gasteiger partial charge in [0.15, 0.2) is 0 Å². The molecule has 0 N–H and O–H groups in total. The van der Waals surface area contributed by atoms with Crippen LogP contribution >= 0.6 is 0 Å². The second kappa shape index (κ2) is 5.82. The van der Waals surface area contributed by atoms with Gasteiger partial charge in [-0.25, -0.2) is 4.79 Å². The lowest BCUT2D eigenvalue weighted by molar-refractivity contribution is 0.0550. The molecule has 0 unspecified atom stereocenters. The van der Waals surface area contributed by atoms with Crippen molar-refractivity contribution in [3.8, 4) is 11.1 Å². The van der Waals surface area contributed by atoms with Crippen molar-refractivity contribution in [1.82, 2.24) is 0 Å². The van der Waals surface area contributed by atoms with E-state index in [1.807, 2.05) is 48.5 Å². The van der Waals surface area contributed by atoms with Crippen LogP contribution in [-0.2, 0) is 4.74 Å². The van der Waals surface area contributed by atoms with Gasteiger partial charge in [0.1, 0.15) is 6.61 Å². The smallest absolute Gasteiger partial charge is 0.339 e. The van der Waals surface area contributed by atoms with Crippen molar-refractivity contribution in [1.29, 1.82) is 0 Å². The summed E-state index contributed by atoms with van der Waals surface area (Å²) in [4.78, 5) is 11.9. The number of benzene rings is 2. The molecule has 2 aromatic rings. The van der Waals surface area contributed by atoms with Crippen molar-refractivity contribution in [2.45, 2.75) is 0 Å². The highest BCUT2D eigenvalue weighted by atomic mass is 16.5. The van der Waals surface area contributed by atoms with Crippen LogP contribution < -0.4 is 0 Å². The van der Waals surface area contributed by atoms with Crippen LogP contribution in [0.25, 0.3) is 11.1 Å². The number of carbonyl (C=O) groups excluding carboxylic acids is 1. The summed E-state index contributed by atoms with van der Waals surface area (Å²) in [6.45, 7) is 3.75. The van der Waals surface area contributed by atoms with E-state index in [2.05, 4.69) is 6.58 Å². The van der Waals surface area contributed by atoms with Gasteiger partial charge in [-0.1, -0.05) is 61.2 Å². The Hall–Kier alpha value is -2.35. The third kappa shape index (κ3) is 2.66. The summed E-state index contributed by atoms with van der Waals surface area (Å²) in [6, 6.07) is 17.2. The normalized spacial score (nSPS) is 9.78. The summed E-state index contributed by atoms with van der Waals surface area (Å²) in [5.74, 6) is -0.325. The maximum absolute atomic E-state index is 11.9. The van der Waals surface area contributed by atoms with E-state index in [1.165, 1.54) is 0 Å². The molecular weight excluding hydrogens is 224 g/mol. The molecule has 2 nitrogen and oxygen atoms in total. The minimum absolute atomic E-state index is 0.224. The fourth-order valence-electron chi connectivity index (χ4n) is 1.74. The molecule has 0 saturated carbocycles. The van der Waals surface area contributed by atoms with E-state index in [-0.39, 0.29) is 12.6 Å². The zero-order chi connectivity index (χ0) is 12.8. The van der Waals surface area contributed by atoms with E-state index in [1.54, 1.807) is 12.1 Å². The number of carbonyl (C=O) groups is 1. The van der Waals surface area contributed by atoms with Gasteiger partial charge in [-0.2, -0.15) is 0 Å². The molecule has 2 heteroatoms. The maximum atomic E-state index is 11.9. The van der Waals surface area contributed by atoms with Crippen molar-refractivity contribution >= 4 is 5.97 Å². The Labute approximate surface area is 107 Å². The van der Waals surface area contributed by atoms with Crippen LogP contribution in [0.5, 0.6) is 0 Å². The second-order valence-corrected chi connectivity index (χ2v) is 3.80. The lowest BCUT2D eigenvalue weighted by Gasteiger charge is -2.08. The van der Waals surface area contributed by atoms with E-state index in [4.69, 9.17) is 4.74 Å². The van der Waals surface area contributed by atoms with Gasteiger partial charge < -0.3 is 4.74 Å². The van der Waals surface area contributed by atoms with E-state index in [0.717, 1.165) is 11.1 Å². The first kappa shape index (κ1) is 12.1. The monoisotopic (exact) mass is 238 g/mol. The Bertz CT molecular complexity index is 544. The molecule has 0 aliphatic carbocycles. The molecule has 0 heterocycles. The molecule has 0 aromatic heterocycles. The van der Waals surface area contributed by atoms with Crippen molar-refractivity contribution in [3.63, 3.8) is 0 Å². The number of esters is 1. The quantitative estimate of drug-likeness (QED) is 0.599. The summed E-state index contributed by atoms with van der Waals surface area (Å²) in [5, 5.41) is 0. The Balaban J connectivity index is 2.37. The molecule has 2 aromatic carbocycles. The molecule has 0 atom stereocenters. The van der Waals surface area contributed by atoms with Crippen molar-refractivity contribution in [2.75, 3.05) is 6.61 Å². The van der Waals surface area contributed by atoms with Gasteiger partial charge >= 0.3 is 5.97 Å². The van der Waals surface area contributed by atoms with E-state index in [9.17, 15) is 4.79 Å². The first-order valence-electron chi connectivity index (χ1n) is 5.75. The molecule has 0 spiro atoms. The average Bonchev–Trinajstić information content (AvgIpc) is 2.45. The number of ether oxygens (including phenoxy) is 1. The SMILES string of the molecule is C=CCOC(=O)c1ccccc1-c1ccccc1. The van der Waals surface area contributed by atoms with E-state index < -0.39 is 0 Å². The highest BCUT2D eigenvalue weighted by Crippen LogP contribution is 2.23. The Kier molecular flexibility index (Phi) is 3.92. The van der Waals surface area contributed by atoms with Crippen LogP contribution in [-0.4, -0.2) is 12.6 Å². The van der Waals surface area contributed by atoms with Crippen molar-refractivity contribution < 1.29 is 9.53 Å². The molecule has 0 radical (unpaired) electrons. The Morgan fingerprint density at radius 3 is 2.44 bits per heavy atom. The number of rotatable bonds is 4. The van der Waals surface area contributed by atoms with Crippen LogP contribution in [0.2, 0.25) is 0 Å². The van der Waals surface area contributed by atoms with Crippen LogP contribution in [0.4, 0.5) is 0 Å². The van der Waals surface area contributed by atoms with E-state index >= 15 is 0 Å². The number of hydrogen-bond donors (Lipinski definition) is 0. The number of hydrogen-bond acceptors (Lipinski definition) is 2. The second-order valence-electron chi connectivity index (χ2n) is 3.80. The minimum Gasteiger partial charge on any atom is -0.458 e. The molecule has 2 rings (SSSR count). The summed E-state index contributed by atoms with van der Waals surface area (Å²) in [6.07, 6.45) is 1.56. The highest BCUT2D eigenvalue weighted by molar-refractivity contribution is 5.97. The standard InChI is InChI=1S/C16H14O2/c1-2-12-18-16(17)15-11-7-6-10-14(15)13-8-4-3-5-9-13/h2-11H,1,12H2. The van der Waals surface area contributed by atoms with Crippen LogP contribution in [0.1, 0.15) is 10.4 Å². The molecule has 0 fully saturated rings. The summed E-state index contributed by atoms with van der Waals surface area (Å²) in [7, 11) is 0. The Morgan fingerprint density at radius 1 is 1.06 bits per heavy atom. The maximum Gasteiger partial charge on any atom is 0.339 e. The lowest BCUT2D eigenvalue weighted by Crippen LogP contribution is -2.06. The summed E-state index contributed by atoms with van der Waals surface area (Å²) >= 11 is 0. The topological polar surface area (TPSA) is 26.3 Å². The lowest BCUT2D eigenvalue weighted by atomic mass is 10.00. The molecule has 0 saturated heterocycles. The van der Waals surface area contributed by atoms with Gasteiger partial charge in [-0.15, -0.1) is 0 Å². The zero-order valence-electron chi connectivity index (χ0n) is 10.0. The fraction of sp³-hybridized carbons (Fsp3) is 0.0625. The van der Waals surface area contributed by atoms with Crippen LogP contribution in [0, 0.1) is 0 Å². The van der Waals surface area contributed by atoms with Gasteiger partial charge in [0.05, 0.1) is 5.56 Å². The van der Waals surface area contributed by atoms with E-state index in [0.29, 0.717) is 5.56 Å². The van der Waals surface area contributed by atoms with Gasteiger partial charge in [0.25, 0.3) is 0 Å². The summed E-state index contributed by atoms with van der Waals surface area (Å²) in [5.41, 5.74) is 2.46. The fourth-order valence-corrected chi connectivity index (χ4v) is 1.74. The molecule has 0 aliphatic heterocycles.